The van der Waals surface area contributed by atoms with E-state index < -0.39 is 29.6 Å². The third-order valence-corrected chi connectivity index (χ3v) is 8.99. The maximum absolute atomic E-state index is 14.2. The zero-order valence-corrected chi connectivity index (χ0v) is 23.8. The van der Waals surface area contributed by atoms with E-state index in [4.69, 9.17) is 4.74 Å². The lowest BCUT2D eigenvalue weighted by atomic mass is 9.70. The number of anilines is 1. The van der Waals surface area contributed by atoms with E-state index in [0.717, 1.165) is 12.8 Å². The van der Waals surface area contributed by atoms with Gasteiger partial charge in [-0.2, -0.15) is 0 Å². The molecular weight excluding hydrogens is 550 g/mol. The fraction of sp³-hybridized carbons (Fsp3) is 0.552. The molecule has 38 heavy (non-hydrogen) atoms. The molecule has 9 heteroatoms. The van der Waals surface area contributed by atoms with Gasteiger partial charge in [-0.3, -0.25) is 14.4 Å². The highest BCUT2D eigenvalue weighted by molar-refractivity contribution is 9.09. The first kappa shape index (κ1) is 28.5. The van der Waals surface area contributed by atoms with Crippen molar-refractivity contribution in [2.75, 3.05) is 31.1 Å². The Balaban J connectivity index is 1.77. The summed E-state index contributed by atoms with van der Waals surface area (Å²) >= 11 is 3.72. The number of fused-ring (bicyclic) bond motifs is 1. The first-order valence-electron chi connectivity index (χ1n) is 13.4. The average Bonchev–Trinajstić information content (AvgIpc) is 3.49. The second-order valence-electron chi connectivity index (χ2n) is 10.4. The Morgan fingerprint density at radius 3 is 2.53 bits per heavy atom. The third kappa shape index (κ3) is 4.62. The van der Waals surface area contributed by atoms with Gasteiger partial charge in [0.05, 0.1) is 24.5 Å². The van der Waals surface area contributed by atoms with Crippen LogP contribution in [0.3, 0.4) is 0 Å². The summed E-state index contributed by atoms with van der Waals surface area (Å²) < 4.78 is 6.61. The number of hydrogen-bond donors (Lipinski definition) is 1. The zero-order valence-electron chi connectivity index (χ0n) is 22.2. The number of ether oxygens (including phenoxy) is 1. The summed E-state index contributed by atoms with van der Waals surface area (Å²) in [5.74, 6) is -2.37. The average molecular weight is 589 g/mol. The number of para-hydroxylation sites is 1. The van der Waals surface area contributed by atoms with Gasteiger partial charge < -0.3 is 24.5 Å². The van der Waals surface area contributed by atoms with E-state index in [1.54, 1.807) is 22.0 Å². The Kier molecular flexibility index (Phi) is 8.79. The molecule has 3 heterocycles. The number of halogens is 1. The molecule has 0 aliphatic carbocycles. The van der Waals surface area contributed by atoms with Gasteiger partial charge in [0.1, 0.15) is 11.6 Å². The molecule has 8 nitrogen and oxygen atoms in total. The molecule has 1 N–H and O–H groups in total. The van der Waals surface area contributed by atoms with Crippen LogP contribution in [0.5, 0.6) is 0 Å². The number of amides is 3. The molecule has 1 aromatic rings. The number of hydrogen-bond acceptors (Lipinski definition) is 5. The minimum absolute atomic E-state index is 0.00543. The standard InChI is InChI=1S/C29H38BrN3O5/c1-5-11-19(4)31(14-6-2)28(37)25-29-18-21(30)24(38-29)22(23(29)27(36)33(25)16-17-34)26(35)32(15-7-3)20-12-9-8-10-13-20/h6-10,12-13,19,21-25,34H,2-3,5,11,14-18H2,1,4H3/t19?,21?,22-,23-,24-,25?,29?/m0/s1. The molecule has 2 bridgehead atoms. The van der Waals surface area contributed by atoms with E-state index in [0.29, 0.717) is 18.7 Å². The fourth-order valence-electron chi connectivity index (χ4n) is 6.64. The first-order valence-corrected chi connectivity index (χ1v) is 14.3. The summed E-state index contributed by atoms with van der Waals surface area (Å²) in [7, 11) is 0. The van der Waals surface area contributed by atoms with Crippen LogP contribution < -0.4 is 4.90 Å². The second kappa shape index (κ2) is 11.7. The number of carbonyl (C=O) groups is 3. The van der Waals surface area contributed by atoms with Gasteiger partial charge in [0, 0.05) is 36.2 Å². The highest BCUT2D eigenvalue weighted by atomic mass is 79.9. The number of nitrogens with zero attached hydrogens (tertiary/aromatic N) is 3. The van der Waals surface area contributed by atoms with Crippen molar-refractivity contribution >= 4 is 39.3 Å². The van der Waals surface area contributed by atoms with Crippen LogP contribution in [0.4, 0.5) is 5.69 Å². The summed E-state index contributed by atoms with van der Waals surface area (Å²) in [6, 6.07) is 8.29. The molecule has 3 aliphatic rings. The van der Waals surface area contributed by atoms with Gasteiger partial charge in [-0.1, -0.05) is 59.6 Å². The minimum Gasteiger partial charge on any atom is -0.395 e. The summed E-state index contributed by atoms with van der Waals surface area (Å²) in [5, 5.41) is 9.87. The van der Waals surface area contributed by atoms with Gasteiger partial charge in [-0.15, -0.1) is 13.2 Å². The van der Waals surface area contributed by atoms with Crippen molar-refractivity contribution in [3.8, 4) is 0 Å². The predicted octanol–water partition coefficient (Wildman–Crippen LogP) is 3.15. The van der Waals surface area contributed by atoms with Gasteiger partial charge in [-0.25, -0.2) is 0 Å². The quantitative estimate of drug-likeness (QED) is 0.300. The van der Waals surface area contributed by atoms with E-state index in [-0.39, 0.29) is 48.3 Å². The van der Waals surface area contributed by atoms with Gasteiger partial charge in [0.25, 0.3) is 0 Å². The maximum Gasteiger partial charge on any atom is 0.248 e. The lowest BCUT2D eigenvalue weighted by Gasteiger charge is -2.39. The summed E-state index contributed by atoms with van der Waals surface area (Å²) in [4.78, 5) is 47.1. The first-order chi connectivity index (χ1) is 18.3. The Morgan fingerprint density at radius 2 is 1.92 bits per heavy atom. The Morgan fingerprint density at radius 1 is 1.24 bits per heavy atom. The highest BCUT2D eigenvalue weighted by Gasteiger charge is 2.77. The molecule has 0 aromatic heterocycles. The van der Waals surface area contributed by atoms with Crippen molar-refractivity contribution in [3.05, 3.63) is 55.6 Å². The van der Waals surface area contributed by atoms with Crippen molar-refractivity contribution in [2.45, 2.75) is 61.7 Å². The van der Waals surface area contributed by atoms with Crippen LogP contribution in [0.15, 0.2) is 55.6 Å². The molecular formula is C29H38BrN3O5. The van der Waals surface area contributed by atoms with Crippen molar-refractivity contribution in [3.63, 3.8) is 0 Å². The molecule has 4 unspecified atom stereocenters. The Labute approximate surface area is 233 Å². The lowest BCUT2D eigenvalue weighted by Crippen LogP contribution is -2.58. The topological polar surface area (TPSA) is 90.4 Å². The lowest BCUT2D eigenvalue weighted by molar-refractivity contribution is -0.149. The number of aliphatic hydroxyl groups excluding tert-OH is 1. The van der Waals surface area contributed by atoms with Crippen LogP contribution >= 0.6 is 15.9 Å². The molecule has 1 spiro atoms. The summed E-state index contributed by atoms with van der Waals surface area (Å²) in [6.07, 6.45) is 4.91. The smallest absolute Gasteiger partial charge is 0.248 e. The zero-order chi connectivity index (χ0) is 27.6. The number of likely N-dealkylation sites (tertiary alicyclic amines) is 1. The molecule has 3 saturated heterocycles. The molecule has 3 fully saturated rings. The molecule has 1 aromatic carbocycles. The normalized spacial score (nSPS) is 30.2. The predicted molar refractivity (Wildman–Crippen MR) is 150 cm³/mol. The number of rotatable bonds is 12. The summed E-state index contributed by atoms with van der Waals surface area (Å²) in [6.45, 7) is 12.0. The molecule has 4 rings (SSSR count). The number of β-amino-alcohol motifs (C(OH)–C–C–N with tert-alkyl or cyclic N) is 1. The summed E-state index contributed by atoms with van der Waals surface area (Å²) in [5.41, 5.74) is -0.458. The molecule has 3 amide bonds. The van der Waals surface area contributed by atoms with Crippen molar-refractivity contribution < 1.29 is 24.2 Å². The number of aliphatic hydroxyl groups is 1. The van der Waals surface area contributed by atoms with E-state index >= 15 is 0 Å². The molecule has 3 aliphatic heterocycles. The third-order valence-electron chi connectivity index (χ3n) is 8.14. The Hall–Kier alpha value is -2.49. The van der Waals surface area contributed by atoms with Crippen LogP contribution in [0.25, 0.3) is 0 Å². The van der Waals surface area contributed by atoms with E-state index in [1.165, 1.54) is 4.90 Å². The number of benzene rings is 1. The van der Waals surface area contributed by atoms with E-state index in [1.807, 2.05) is 37.3 Å². The largest absolute Gasteiger partial charge is 0.395 e. The van der Waals surface area contributed by atoms with Gasteiger partial charge >= 0.3 is 0 Å². The number of alkyl halides is 1. The van der Waals surface area contributed by atoms with Crippen molar-refractivity contribution in [2.24, 2.45) is 11.8 Å². The minimum atomic E-state index is -1.16. The van der Waals surface area contributed by atoms with Crippen molar-refractivity contribution in [1.82, 2.24) is 9.80 Å². The maximum atomic E-state index is 14.2. The van der Waals surface area contributed by atoms with Crippen LogP contribution in [0.1, 0.15) is 33.1 Å². The Bertz CT molecular complexity index is 1070. The monoisotopic (exact) mass is 587 g/mol. The fourth-order valence-corrected chi connectivity index (χ4v) is 7.58. The van der Waals surface area contributed by atoms with Crippen LogP contribution in [-0.4, -0.2) is 87.5 Å². The van der Waals surface area contributed by atoms with E-state index in [9.17, 15) is 19.5 Å². The van der Waals surface area contributed by atoms with Gasteiger partial charge in [-0.05, 0) is 31.9 Å². The van der Waals surface area contributed by atoms with Gasteiger partial charge in [0.15, 0.2) is 0 Å². The highest BCUT2D eigenvalue weighted by Crippen LogP contribution is 2.60. The van der Waals surface area contributed by atoms with Crippen LogP contribution in [-0.2, 0) is 19.1 Å². The van der Waals surface area contributed by atoms with E-state index in [2.05, 4.69) is 36.0 Å². The van der Waals surface area contributed by atoms with Crippen molar-refractivity contribution in [1.29, 1.82) is 0 Å². The second-order valence-corrected chi connectivity index (χ2v) is 11.6. The molecule has 0 saturated carbocycles. The number of carbonyl (C=O) groups excluding carboxylic acids is 3. The van der Waals surface area contributed by atoms with Crippen LogP contribution in [0, 0.1) is 11.8 Å². The molecule has 7 atom stereocenters. The molecule has 0 radical (unpaired) electrons. The van der Waals surface area contributed by atoms with Crippen LogP contribution in [0.2, 0.25) is 0 Å². The molecule has 206 valence electrons. The SMILES string of the molecule is C=CCN(C(=O)[C@H]1[C@H]2C(=O)N(CCO)C(C(=O)N(CC=C)C(C)CCC)C23CC(Br)[C@@H]1O3)c1ccccc1. The van der Waals surface area contributed by atoms with Gasteiger partial charge in [0.2, 0.25) is 17.7 Å².